The van der Waals surface area contributed by atoms with E-state index in [0.29, 0.717) is 0 Å². The molecule has 0 bridgehead atoms. The summed E-state index contributed by atoms with van der Waals surface area (Å²) in [6.45, 7) is -4.29. The summed E-state index contributed by atoms with van der Waals surface area (Å²) in [6.07, 6.45) is -1.32. The zero-order valence-electron chi connectivity index (χ0n) is 17.1. The smallest absolute Gasteiger partial charge is 1.00 e. The van der Waals surface area contributed by atoms with E-state index < -0.39 is 81.2 Å². The van der Waals surface area contributed by atoms with Crippen LogP contribution in [0, 0.1) is 10.8 Å². The van der Waals surface area contributed by atoms with Crippen LogP contribution in [0.25, 0.3) is 0 Å². The molecule has 27 heavy (non-hydrogen) atoms. The van der Waals surface area contributed by atoms with Gasteiger partial charge in [-0.1, -0.05) is 6.42 Å². The van der Waals surface area contributed by atoms with Gasteiger partial charge in [0.1, 0.15) is 0 Å². The Morgan fingerprint density at radius 3 is 1.04 bits per heavy atom. The molecule has 0 aliphatic rings. The minimum absolute atomic E-state index is 0. The summed E-state index contributed by atoms with van der Waals surface area (Å²) in [4.78, 5) is 0. The third-order valence-electron chi connectivity index (χ3n) is 4.22. The van der Waals surface area contributed by atoms with E-state index in [2.05, 4.69) is 0 Å². The van der Waals surface area contributed by atoms with Crippen molar-refractivity contribution >= 4 is 20.2 Å². The molecule has 0 saturated heterocycles. The van der Waals surface area contributed by atoms with Gasteiger partial charge in [0, 0.05) is 0 Å². The van der Waals surface area contributed by atoms with Gasteiger partial charge in [-0.3, -0.25) is 9.11 Å². The molecule has 8 N–H and O–H groups in total. The quantitative estimate of drug-likeness (QED) is 0.100. The Morgan fingerprint density at radius 2 is 0.889 bits per heavy atom. The van der Waals surface area contributed by atoms with E-state index in [4.69, 9.17) is 9.11 Å². The Bertz CT molecular complexity index is 572. The Labute approximate surface area is 204 Å². The molecule has 12 nitrogen and oxygen atoms in total. The second kappa shape index (κ2) is 13.1. The predicted molar refractivity (Wildman–Crippen MR) is 84.4 cm³/mol. The first kappa shape index (κ1) is 33.2. The summed E-state index contributed by atoms with van der Waals surface area (Å²) in [5.41, 5.74) is -9.35. The van der Waals surface area contributed by atoms with E-state index in [1.807, 2.05) is 0 Å². The number of hydrogen-bond acceptors (Lipinski definition) is 10. The fraction of sp³-hybridized carbons (Fsp3) is 1.00. The topological polar surface area (TPSA) is 230 Å². The summed E-state index contributed by atoms with van der Waals surface area (Å²) in [5, 5.41) is 56.5. The maximum Gasteiger partial charge on any atom is 1.00 e. The van der Waals surface area contributed by atoms with Gasteiger partial charge < -0.3 is 33.5 Å². The Morgan fingerprint density at radius 1 is 0.667 bits per heavy atom. The summed E-state index contributed by atoms with van der Waals surface area (Å²) >= 11 is 0. The van der Waals surface area contributed by atoms with Crippen LogP contribution in [-0.4, -0.2) is 93.9 Å². The van der Waals surface area contributed by atoms with Crippen molar-refractivity contribution in [1.29, 1.82) is 0 Å². The van der Waals surface area contributed by atoms with E-state index in [1.54, 1.807) is 0 Å². The molecule has 0 heterocycles. The summed E-state index contributed by atoms with van der Waals surface area (Å²) in [6, 6.07) is 0. The van der Waals surface area contributed by atoms with Gasteiger partial charge in [-0.25, -0.2) is 0 Å². The van der Waals surface area contributed by atoms with Crippen molar-refractivity contribution in [2.45, 2.75) is 30.1 Å². The van der Waals surface area contributed by atoms with Gasteiger partial charge in [0.25, 0.3) is 20.2 Å². The van der Waals surface area contributed by atoms with Crippen LogP contribution in [0.2, 0.25) is 0 Å². The second-order valence-corrected chi connectivity index (χ2v) is 8.90. The summed E-state index contributed by atoms with van der Waals surface area (Å²) < 4.78 is 62.0. The molecule has 0 spiro atoms. The van der Waals surface area contributed by atoms with Crippen molar-refractivity contribution in [3.8, 4) is 0 Å². The van der Waals surface area contributed by atoms with Crippen molar-refractivity contribution in [2.24, 2.45) is 10.8 Å². The van der Waals surface area contributed by atoms with Crippen LogP contribution in [0.5, 0.6) is 0 Å². The molecule has 2 atom stereocenters. The summed E-state index contributed by atoms with van der Waals surface area (Å²) in [5.74, 6) is 0. The molecule has 0 aromatic carbocycles. The third-order valence-corrected chi connectivity index (χ3v) is 6.35. The standard InChI is InChI=1S/C11H24O12S2.2Na.2H/c12-4-10(5-13,8(16)24(18,19)20)2-1-3-11(6-14,7-15)9(17)25(21,22)23;;;;/h8-9,12-17H,1-7H2,(H,18,19,20)(H,21,22,23);;;;/q;2*+1;2*-1. The molecule has 0 aromatic rings. The Kier molecular flexibility index (Phi) is 16.1. The van der Waals surface area contributed by atoms with Gasteiger partial charge in [0.05, 0.1) is 37.3 Å². The fourth-order valence-electron chi connectivity index (χ4n) is 2.40. The molecular formula is C11H26Na2O12S2. The van der Waals surface area contributed by atoms with E-state index in [9.17, 15) is 47.5 Å². The first-order valence-electron chi connectivity index (χ1n) is 6.98. The molecule has 0 aromatic heterocycles. The van der Waals surface area contributed by atoms with Crippen LogP contribution in [0.4, 0.5) is 0 Å². The van der Waals surface area contributed by atoms with Crippen molar-refractivity contribution in [1.82, 2.24) is 0 Å². The van der Waals surface area contributed by atoms with Crippen LogP contribution in [-0.2, 0) is 20.2 Å². The van der Waals surface area contributed by atoms with Crippen LogP contribution in [0.3, 0.4) is 0 Å². The van der Waals surface area contributed by atoms with Crippen molar-refractivity contribution in [3.05, 3.63) is 0 Å². The minimum Gasteiger partial charge on any atom is -1.00 e. The van der Waals surface area contributed by atoms with Gasteiger partial charge in [-0.2, -0.15) is 16.8 Å². The molecule has 2 unspecified atom stereocenters. The van der Waals surface area contributed by atoms with E-state index in [0.717, 1.165) is 0 Å². The zero-order valence-corrected chi connectivity index (χ0v) is 20.8. The number of aliphatic hydroxyl groups is 6. The first-order chi connectivity index (χ1) is 11.3. The fourth-order valence-corrected chi connectivity index (χ4v) is 4.20. The normalized spacial score (nSPS) is 15.4. The second-order valence-electron chi connectivity index (χ2n) is 5.95. The van der Waals surface area contributed by atoms with Gasteiger partial charge >= 0.3 is 59.1 Å². The molecule has 156 valence electrons. The monoisotopic (exact) mass is 460 g/mol. The van der Waals surface area contributed by atoms with E-state index in [1.165, 1.54) is 0 Å². The Hall–Kier alpha value is 1.58. The minimum atomic E-state index is -5.05. The predicted octanol–water partition coefficient (Wildman–Crippen LogP) is -9.26. The van der Waals surface area contributed by atoms with Crippen molar-refractivity contribution in [3.63, 3.8) is 0 Å². The Balaban J connectivity index is -0.000000480. The maximum absolute atomic E-state index is 11.1. The average molecular weight is 460 g/mol. The summed E-state index contributed by atoms with van der Waals surface area (Å²) in [7, 11) is -10.1. The third kappa shape index (κ3) is 8.69. The van der Waals surface area contributed by atoms with Crippen LogP contribution in [0.15, 0.2) is 0 Å². The number of rotatable bonds is 12. The zero-order chi connectivity index (χ0) is 20.1. The largest absolute Gasteiger partial charge is 1.00 e. The van der Waals surface area contributed by atoms with Gasteiger partial charge in [-0.15, -0.1) is 0 Å². The molecule has 16 heteroatoms. The SMILES string of the molecule is O=S(=O)(O)C(O)C(CO)(CO)CCCC(CO)(CO)C(O)S(=O)(=O)O.[H-].[H-].[Na+].[Na+]. The van der Waals surface area contributed by atoms with Crippen molar-refractivity contribution in [2.75, 3.05) is 26.4 Å². The van der Waals surface area contributed by atoms with Gasteiger partial charge in [0.15, 0.2) is 10.9 Å². The van der Waals surface area contributed by atoms with Gasteiger partial charge in [0.2, 0.25) is 0 Å². The number of hydrogen-bond donors (Lipinski definition) is 8. The van der Waals surface area contributed by atoms with Crippen LogP contribution >= 0.6 is 0 Å². The molecular weight excluding hydrogens is 434 g/mol. The molecule has 0 aliphatic carbocycles. The number of aliphatic hydroxyl groups excluding tert-OH is 6. The molecule has 0 radical (unpaired) electrons. The molecule has 0 aliphatic heterocycles. The van der Waals surface area contributed by atoms with Crippen LogP contribution < -0.4 is 59.1 Å². The average Bonchev–Trinajstić information content (AvgIpc) is 2.53. The van der Waals surface area contributed by atoms with Crippen molar-refractivity contribution < 1.29 is 119 Å². The molecule has 0 rings (SSSR count). The molecule has 0 amide bonds. The molecule has 0 fully saturated rings. The van der Waals surface area contributed by atoms with Crippen LogP contribution in [0.1, 0.15) is 22.1 Å². The first-order valence-corrected chi connectivity index (χ1v) is 9.99. The van der Waals surface area contributed by atoms with Gasteiger partial charge in [-0.05, 0) is 12.8 Å². The maximum atomic E-state index is 11.1. The molecule has 0 saturated carbocycles. The van der Waals surface area contributed by atoms with E-state index in [-0.39, 0.29) is 68.4 Å². The van der Waals surface area contributed by atoms with E-state index >= 15 is 0 Å².